The first-order valence-electron chi connectivity index (χ1n) is 7.31. The zero-order chi connectivity index (χ0) is 13.2. The van der Waals surface area contributed by atoms with E-state index in [1.165, 1.54) is 0 Å². The fraction of sp³-hybridized carbons (Fsp3) is 1.00. The predicted octanol–water partition coefficient (Wildman–Crippen LogP) is 2.10. The van der Waals surface area contributed by atoms with Crippen molar-refractivity contribution in [2.45, 2.75) is 70.2 Å². The summed E-state index contributed by atoms with van der Waals surface area (Å²) in [7, 11) is 0. The fourth-order valence-corrected chi connectivity index (χ4v) is 4.52. The Morgan fingerprint density at radius 1 is 1.06 bits per heavy atom. The van der Waals surface area contributed by atoms with E-state index in [-0.39, 0.29) is 0 Å². The summed E-state index contributed by atoms with van der Waals surface area (Å²) in [6.07, 6.45) is 3.97. The van der Waals surface area contributed by atoms with Crippen LogP contribution in [0, 0.1) is 17.3 Å². The zero-order valence-electron chi connectivity index (χ0n) is 11.8. The number of aliphatic hydroxyl groups is 2. The van der Waals surface area contributed by atoms with E-state index in [0.717, 1.165) is 19.3 Å². The van der Waals surface area contributed by atoms with Crippen LogP contribution >= 0.6 is 0 Å². The molecule has 2 bridgehead atoms. The molecule has 3 fully saturated rings. The average Bonchev–Trinajstić information content (AvgIpc) is 2.37. The third-order valence-electron chi connectivity index (χ3n) is 6.08. The van der Waals surface area contributed by atoms with Crippen LogP contribution in [0.1, 0.15) is 52.9 Å². The number of fused-ring (bicyclic) bond motifs is 5. The molecule has 3 aliphatic rings. The Bertz CT molecular complexity index is 354. The van der Waals surface area contributed by atoms with Crippen molar-refractivity contribution in [2.75, 3.05) is 6.61 Å². The Labute approximate surface area is 110 Å². The third kappa shape index (κ3) is 1.67. The van der Waals surface area contributed by atoms with Crippen LogP contribution in [-0.4, -0.2) is 34.1 Å². The molecule has 3 heteroatoms. The molecule has 104 valence electrons. The normalized spacial score (nSPS) is 54.8. The van der Waals surface area contributed by atoms with Gasteiger partial charge in [-0.05, 0) is 56.3 Å². The average molecular weight is 254 g/mol. The van der Waals surface area contributed by atoms with Gasteiger partial charge in [0.1, 0.15) is 0 Å². The van der Waals surface area contributed by atoms with Crippen LogP contribution in [0.15, 0.2) is 0 Å². The summed E-state index contributed by atoms with van der Waals surface area (Å²) in [6.45, 7) is 7.03. The maximum atomic E-state index is 10.9. The molecule has 0 radical (unpaired) electrons. The molecule has 0 spiro atoms. The summed E-state index contributed by atoms with van der Waals surface area (Å²) in [6, 6.07) is 0. The first-order chi connectivity index (χ1) is 8.27. The highest BCUT2D eigenvalue weighted by Gasteiger charge is 2.59. The Morgan fingerprint density at radius 3 is 2.44 bits per heavy atom. The molecule has 3 nitrogen and oxygen atoms in total. The minimum atomic E-state index is -0.709. The molecule has 5 atom stereocenters. The number of rotatable bonds is 0. The van der Waals surface area contributed by atoms with Gasteiger partial charge in [0.05, 0.1) is 23.9 Å². The van der Waals surface area contributed by atoms with Crippen molar-refractivity contribution in [3.05, 3.63) is 0 Å². The second kappa shape index (κ2) is 3.71. The number of ether oxygens (including phenoxy) is 1. The molecule has 18 heavy (non-hydrogen) atoms. The highest BCUT2D eigenvalue weighted by molar-refractivity contribution is 5.09. The molecule has 0 aromatic rings. The monoisotopic (exact) mass is 254 g/mol. The molecule has 2 N–H and O–H groups in total. The summed E-state index contributed by atoms with van der Waals surface area (Å²) >= 11 is 0. The van der Waals surface area contributed by atoms with Crippen molar-refractivity contribution < 1.29 is 14.9 Å². The van der Waals surface area contributed by atoms with Gasteiger partial charge in [0.25, 0.3) is 0 Å². The van der Waals surface area contributed by atoms with Crippen molar-refractivity contribution in [1.29, 1.82) is 0 Å². The molecular weight excluding hydrogens is 228 g/mol. The van der Waals surface area contributed by atoms with Crippen LogP contribution < -0.4 is 0 Å². The second-order valence-electron chi connectivity index (χ2n) is 7.70. The van der Waals surface area contributed by atoms with Crippen LogP contribution in [0.5, 0.6) is 0 Å². The van der Waals surface area contributed by atoms with Gasteiger partial charge in [-0.15, -0.1) is 0 Å². The Morgan fingerprint density at radius 2 is 1.78 bits per heavy atom. The van der Waals surface area contributed by atoms with Crippen molar-refractivity contribution >= 4 is 0 Å². The van der Waals surface area contributed by atoms with E-state index in [9.17, 15) is 10.2 Å². The summed E-state index contributed by atoms with van der Waals surface area (Å²) < 4.78 is 5.93. The summed E-state index contributed by atoms with van der Waals surface area (Å²) in [5, 5.41) is 21.2. The van der Waals surface area contributed by atoms with E-state index in [0.29, 0.717) is 36.7 Å². The molecule has 2 heterocycles. The largest absolute Gasteiger partial charge is 0.390 e. The first kappa shape index (κ1) is 12.9. The molecular formula is C15H26O3. The van der Waals surface area contributed by atoms with E-state index < -0.39 is 17.3 Å². The van der Waals surface area contributed by atoms with Gasteiger partial charge in [-0.2, -0.15) is 0 Å². The minimum Gasteiger partial charge on any atom is -0.390 e. The van der Waals surface area contributed by atoms with E-state index >= 15 is 0 Å². The van der Waals surface area contributed by atoms with Gasteiger partial charge >= 0.3 is 0 Å². The number of aliphatic hydroxyl groups excluding tert-OH is 1. The van der Waals surface area contributed by atoms with Gasteiger partial charge in [-0.3, -0.25) is 0 Å². The SMILES string of the molecule is CC1(C)C[C@@H]2[C@H]1CC[C@@]1(C)OC[C@]2(O)CC[C@@H]1O. The van der Waals surface area contributed by atoms with E-state index in [4.69, 9.17) is 4.74 Å². The number of hydrogen-bond acceptors (Lipinski definition) is 3. The van der Waals surface area contributed by atoms with Crippen LogP contribution in [0.4, 0.5) is 0 Å². The van der Waals surface area contributed by atoms with E-state index in [1.54, 1.807) is 0 Å². The van der Waals surface area contributed by atoms with Crippen LogP contribution in [0.3, 0.4) is 0 Å². The number of hydrogen-bond donors (Lipinski definition) is 2. The van der Waals surface area contributed by atoms with Crippen LogP contribution in [0.2, 0.25) is 0 Å². The Balaban J connectivity index is 1.93. The lowest BCUT2D eigenvalue weighted by Crippen LogP contribution is -2.59. The highest BCUT2D eigenvalue weighted by atomic mass is 16.5. The lowest BCUT2D eigenvalue weighted by Gasteiger charge is -2.59. The van der Waals surface area contributed by atoms with E-state index in [2.05, 4.69) is 13.8 Å². The molecule has 0 aromatic carbocycles. The molecule has 0 unspecified atom stereocenters. The molecule has 1 aliphatic carbocycles. The second-order valence-corrected chi connectivity index (χ2v) is 7.70. The Hall–Kier alpha value is -0.120. The lowest BCUT2D eigenvalue weighted by atomic mass is 9.49. The quantitative estimate of drug-likeness (QED) is 0.696. The Kier molecular flexibility index (Phi) is 2.66. The van der Waals surface area contributed by atoms with Crippen LogP contribution in [-0.2, 0) is 4.74 Å². The third-order valence-corrected chi connectivity index (χ3v) is 6.08. The summed E-state index contributed by atoms with van der Waals surface area (Å²) in [4.78, 5) is 0. The molecule has 1 saturated carbocycles. The lowest BCUT2D eigenvalue weighted by molar-refractivity contribution is -0.215. The summed E-state index contributed by atoms with van der Waals surface area (Å²) in [5.74, 6) is 0.943. The predicted molar refractivity (Wildman–Crippen MR) is 69.2 cm³/mol. The van der Waals surface area contributed by atoms with Crippen molar-refractivity contribution in [2.24, 2.45) is 17.3 Å². The molecule has 0 aromatic heterocycles. The van der Waals surface area contributed by atoms with Gasteiger partial charge in [0, 0.05) is 0 Å². The topological polar surface area (TPSA) is 49.7 Å². The van der Waals surface area contributed by atoms with Gasteiger partial charge in [-0.25, -0.2) is 0 Å². The molecule has 0 amide bonds. The van der Waals surface area contributed by atoms with Gasteiger partial charge in [0.15, 0.2) is 0 Å². The minimum absolute atomic E-state index is 0.339. The first-order valence-corrected chi connectivity index (χ1v) is 7.31. The van der Waals surface area contributed by atoms with Crippen molar-refractivity contribution in [3.63, 3.8) is 0 Å². The molecule has 2 aliphatic heterocycles. The molecule has 3 rings (SSSR count). The fourth-order valence-electron chi connectivity index (χ4n) is 4.52. The maximum absolute atomic E-state index is 10.9. The zero-order valence-corrected chi connectivity index (χ0v) is 11.8. The molecule has 2 saturated heterocycles. The van der Waals surface area contributed by atoms with Gasteiger partial charge in [0.2, 0.25) is 0 Å². The highest BCUT2D eigenvalue weighted by Crippen LogP contribution is 2.60. The van der Waals surface area contributed by atoms with E-state index in [1.807, 2.05) is 6.92 Å². The van der Waals surface area contributed by atoms with Crippen molar-refractivity contribution in [3.8, 4) is 0 Å². The van der Waals surface area contributed by atoms with Crippen LogP contribution in [0.25, 0.3) is 0 Å². The summed E-state index contributed by atoms with van der Waals surface area (Å²) in [5.41, 5.74) is -0.827. The standard InChI is InChI=1S/C15H26O3/c1-13(2)8-11-10(13)4-6-14(3)12(16)5-7-15(11,17)9-18-14/h10-12,16-17H,4-9H2,1-3H3/t10-,11-,12+,14-,15-/m1/s1. The van der Waals surface area contributed by atoms with Gasteiger partial charge in [-0.1, -0.05) is 13.8 Å². The van der Waals surface area contributed by atoms with Gasteiger partial charge < -0.3 is 14.9 Å². The van der Waals surface area contributed by atoms with Crippen molar-refractivity contribution in [1.82, 2.24) is 0 Å². The smallest absolute Gasteiger partial charge is 0.0913 e. The maximum Gasteiger partial charge on any atom is 0.0913 e.